The zero-order chi connectivity index (χ0) is 18.4. The summed E-state index contributed by atoms with van der Waals surface area (Å²) in [5.41, 5.74) is -0.00557. The van der Waals surface area contributed by atoms with Crippen molar-refractivity contribution in [2.75, 3.05) is 13.7 Å². The topological polar surface area (TPSA) is 64.6 Å². The molecule has 0 aliphatic carbocycles. The average Bonchev–Trinajstić information content (AvgIpc) is 2.58. The molecular weight excluding hydrogens is 339 g/mol. The fraction of sp³-hybridized carbons (Fsp3) is 0.176. The Morgan fingerprint density at radius 2 is 1.80 bits per heavy atom. The number of amides is 1. The lowest BCUT2D eigenvalue weighted by atomic mass is 10.2. The standard InChI is InChI=1S/C17H14F3NO4/c1-24-15-5-3-10(6-14(15)20)17(23)25-9-16(22)21-8-11-2-4-12(18)7-13(11)19/h2-7H,8-9H2,1H3,(H,21,22). The van der Waals surface area contributed by atoms with Crippen LogP contribution >= 0.6 is 0 Å². The molecule has 132 valence electrons. The van der Waals surface area contributed by atoms with Gasteiger partial charge >= 0.3 is 5.97 Å². The third kappa shape index (κ3) is 4.97. The van der Waals surface area contributed by atoms with Crippen LogP contribution in [0, 0.1) is 17.5 Å². The molecule has 5 nitrogen and oxygen atoms in total. The molecule has 2 rings (SSSR count). The van der Waals surface area contributed by atoms with Gasteiger partial charge in [-0.1, -0.05) is 6.07 Å². The van der Waals surface area contributed by atoms with Crippen molar-refractivity contribution in [3.63, 3.8) is 0 Å². The molecule has 25 heavy (non-hydrogen) atoms. The van der Waals surface area contributed by atoms with Gasteiger partial charge in [-0.3, -0.25) is 4.79 Å². The first-order valence-corrected chi connectivity index (χ1v) is 7.12. The van der Waals surface area contributed by atoms with E-state index in [1.165, 1.54) is 25.3 Å². The van der Waals surface area contributed by atoms with Crippen LogP contribution in [0.5, 0.6) is 5.75 Å². The van der Waals surface area contributed by atoms with Crippen LogP contribution < -0.4 is 10.1 Å². The lowest BCUT2D eigenvalue weighted by Crippen LogP contribution is -2.28. The molecule has 0 fully saturated rings. The second-order valence-electron chi connectivity index (χ2n) is 4.94. The van der Waals surface area contributed by atoms with Crippen LogP contribution in [0.3, 0.4) is 0 Å². The summed E-state index contributed by atoms with van der Waals surface area (Å²) >= 11 is 0. The van der Waals surface area contributed by atoms with Crippen LogP contribution in [-0.2, 0) is 16.1 Å². The van der Waals surface area contributed by atoms with Crippen LogP contribution in [-0.4, -0.2) is 25.6 Å². The van der Waals surface area contributed by atoms with Crippen molar-refractivity contribution in [1.29, 1.82) is 0 Å². The van der Waals surface area contributed by atoms with E-state index in [4.69, 9.17) is 9.47 Å². The molecule has 0 aliphatic heterocycles. The lowest BCUT2D eigenvalue weighted by molar-refractivity contribution is -0.124. The number of esters is 1. The predicted octanol–water partition coefficient (Wildman–Crippen LogP) is 2.59. The zero-order valence-corrected chi connectivity index (χ0v) is 13.1. The van der Waals surface area contributed by atoms with E-state index in [9.17, 15) is 22.8 Å². The largest absolute Gasteiger partial charge is 0.494 e. The molecule has 0 aromatic heterocycles. The van der Waals surface area contributed by atoms with Crippen molar-refractivity contribution < 1.29 is 32.2 Å². The van der Waals surface area contributed by atoms with Gasteiger partial charge in [-0.15, -0.1) is 0 Å². The van der Waals surface area contributed by atoms with Gasteiger partial charge in [0.15, 0.2) is 18.2 Å². The molecule has 0 aliphatic rings. The van der Waals surface area contributed by atoms with Crippen LogP contribution in [0.25, 0.3) is 0 Å². The normalized spacial score (nSPS) is 10.2. The van der Waals surface area contributed by atoms with Crippen molar-refractivity contribution >= 4 is 11.9 Å². The maximum absolute atomic E-state index is 13.5. The number of carbonyl (C=O) groups excluding carboxylic acids is 2. The van der Waals surface area contributed by atoms with Gasteiger partial charge in [0.05, 0.1) is 12.7 Å². The number of ether oxygens (including phenoxy) is 2. The summed E-state index contributed by atoms with van der Waals surface area (Å²) < 4.78 is 49.2. The number of hydrogen-bond donors (Lipinski definition) is 1. The predicted molar refractivity (Wildman–Crippen MR) is 81.4 cm³/mol. The number of carbonyl (C=O) groups is 2. The van der Waals surface area contributed by atoms with E-state index in [1.54, 1.807) is 0 Å². The second kappa shape index (κ2) is 8.18. The summed E-state index contributed by atoms with van der Waals surface area (Å²) in [5.74, 6) is -3.89. The van der Waals surface area contributed by atoms with E-state index in [-0.39, 0.29) is 23.4 Å². The van der Waals surface area contributed by atoms with Gasteiger partial charge in [-0.05, 0) is 24.3 Å². The molecule has 0 atom stereocenters. The Hall–Kier alpha value is -3.03. The summed E-state index contributed by atoms with van der Waals surface area (Å²) in [4.78, 5) is 23.4. The van der Waals surface area contributed by atoms with Crippen LogP contribution in [0.1, 0.15) is 15.9 Å². The lowest BCUT2D eigenvalue weighted by Gasteiger charge is -2.08. The third-order valence-electron chi connectivity index (χ3n) is 3.21. The first-order valence-electron chi connectivity index (χ1n) is 7.12. The Morgan fingerprint density at radius 3 is 2.44 bits per heavy atom. The number of benzene rings is 2. The van der Waals surface area contributed by atoms with E-state index in [0.717, 1.165) is 12.1 Å². The summed E-state index contributed by atoms with van der Waals surface area (Å²) in [6.07, 6.45) is 0. The summed E-state index contributed by atoms with van der Waals surface area (Å²) in [7, 11) is 1.28. The number of nitrogens with one attached hydrogen (secondary N) is 1. The van der Waals surface area contributed by atoms with Crippen LogP contribution in [0.2, 0.25) is 0 Å². The molecule has 8 heteroatoms. The first kappa shape index (κ1) is 18.3. The van der Waals surface area contributed by atoms with Crippen molar-refractivity contribution in [3.05, 3.63) is 65.0 Å². The molecule has 2 aromatic rings. The van der Waals surface area contributed by atoms with Gasteiger partial charge in [0.1, 0.15) is 11.6 Å². The molecule has 1 amide bonds. The highest BCUT2D eigenvalue weighted by Gasteiger charge is 2.13. The molecule has 0 bridgehead atoms. The molecule has 0 radical (unpaired) electrons. The molecule has 0 spiro atoms. The minimum absolute atomic E-state index is 0.0318. The van der Waals surface area contributed by atoms with Crippen molar-refractivity contribution in [3.8, 4) is 5.75 Å². The van der Waals surface area contributed by atoms with Gasteiger partial charge in [0, 0.05) is 18.2 Å². The number of rotatable bonds is 6. The van der Waals surface area contributed by atoms with Gasteiger partial charge < -0.3 is 14.8 Å². The molecule has 0 unspecified atom stereocenters. The highest BCUT2D eigenvalue weighted by Crippen LogP contribution is 2.18. The first-order chi connectivity index (χ1) is 11.9. The Morgan fingerprint density at radius 1 is 1.04 bits per heavy atom. The smallest absolute Gasteiger partial charge is 0.338 e. The Labute approximate surface area is 141 Å². The minimum Gasteiger partial charge on any atom is -0.494 e. The number of methoxy groups -OCH3 is 1. The maximum atomic E-state index is 13.5. The molecule has 2 aromatic carbocycles. The molecular formula is C17H14F3NO4. The van der Waals surface area contributed by atoms with Crippen LogP contribution in [0.4, 0.5) is 13.2 Å². The SMILES string of the molecule is COc1ccc(C(=O)OCC(=O)NCc2ccc(F)cc2F)cc1F. The van der Waals surface area contributed by atoms with E-state index in [1.807, 2.05) is 0 Å². The summed E-state index contributed by atoms with van der Waals surface area (Å²) in [6, 6.07) is 6.41. The third-order valence-corrected chi connectivity index (χ3v) is 3.21. The summed E-state index contributed by atoms with van der Waals surface area (Å²) in [6.45, 7) is -0.824. The average molecular weight is 353 g/mol. The van der Waals surface area contributed by atoms with Gasteiger partial charge in [0.2, 0.25) is 0 Å². The van der Waals surface area contributed by atoms with E-state index in [2.05, 4.69) is 5.32 Å². The highest BCUT2D eigenvalue weighted by molar-refractivity contribution is 5.91. The Bertz CT molecular complexity index is 795. The Kier molecular flexibility index (Phi) is 5.99. The van der Waals surface area contributed by atoms with E-state index >= 15 is 0 Å². The summed E-state index contributed by atoms with van der Waals surface area (Å²) in [5, 5.41) is 2.32. The molecule has 1 N–H and O–H groups in total. The van der Waals surface area contributed by atoms with Crippen molar-refractivity contribution in [2.45, 2.75) is 6.54 Å². The van der Waals surface area contributed by atoms with Gasteiger partial charge in [0.25, 0.3) is 5.91 Å². The van der Waals surface area contributed by atoms with E-state index < -0.39 is 35.9 Å². The molecule has 0 saturated heterocycles. The van der Waals surface area contributed by atoms with Crippen LogP contribution in [0.15, 0.2) is 36.4 Å². The quantitative estimate of drug-likeness (QED) is 0.811. The van der Waals surface area contributed by atoms with Gasteiger partial charge in [-0.25, -0.2) is 18.0 Å². The molecule has 0 heterocycles. The number of halogens is 3. The second-order valence-corrected chi connectivity index (χ2v) is 4.94. The van der Waals surface area contributed by atoms with Crippen molar-refractivity contribution in [1.82, 2.24) is 5.32 Å². The Balaban J connectivity index is 1.85. The van der Waals surface area contributed by atoms with Gasteiger partial charge in [-0.2, -0.15) is 0 Å². The monoisotopic (exact) mass is 353 g/mol. The molecule has 0 saturated carbocycles. The zero-order valence-electron chi connectivity index (χ0n) is 13.1. The minimum atomic E-state index is -0.898. The maximum Gasteiger partial charge on any atom is 0.338 e. The fourth-order valence-electron chi connectivity index (χ4n) is 1.92. The highest BCUT2D eigenvalue weighted by atomic mass is 19.1. The van der Waals surface area contributed by atoms with Crippen molar-refractivity contribution in [2.24, 2.45) is 0 Å². The fourth-order valence-corrected chi connectivity index (χ4v) is 1.92. The number of hydrogen-bond acceptors (Lipinski definition) is 4. The van der Waals surface area contributed by atoms with E-state index in [0.29, 0.717) is 6.07 Å².